The van der Waals surface area contributed by atoms with Crippen molar-refractivity contribution in [2.75, 3.05) is 19.1 Å². The molecular weight excluding hydrogens is 402 g/mol. The number of nitrogens with zero attached hydrogens (tertiary/aromatic N) is 2. The van der Waals surface area contributed by atoms with Crippen LogP contribution in [0.4, 0.5) is 5.69 Å². The maximum absolute atomic E-state index is 12.5. The molecule has 0 bridgehead atoms. The van der Waals surface area contributed by atoms with Crippen molar-refractivity contribution in [2.24, 2.45) is 5.10 Å². The molecule has 0 aliphatic carbocycles. The fourth-order valence-electron chi connectivity index (χ4n) is 3.85. The van der Waals surface area contributed by atoms with Gasteiger partial charge in [0.25, 0.3) is 5.91 Å². The van der Waals surface area contributed by atoms with Crippen molar-refractivity contribution in [2.45, 2.75) is 26.9 Å². The van der Waals surface area contributed by atoms with Crippen molar-refractivity contribution >= 4 is 17.8 Å². The molecule has 0 aromatic heterocycles. The summed E-state index contributed by atoms with van der Waals surface area (Å²) in [6, 6.07) is 17.6. The molecule has 3 aromatic carbocycles. The van der Waals surface area contributed by atoms with Crippen LogP contribution in [0.15, 0.2) is 59.7 Å². The molecule has 0 saturated heterocycles. The predicted molar refractivity (Wildman–Crippen MR) is 127 cm³/mol. The lowest BCUT2D eigenvalue weighted by atomic mass is 10.0. The Hall–Kier alpha value is -3.80. The standard InChI is InChI=1S/C26H27N3O3/c1-17-11-21-15-29(16-22(21)12-18(17)2)23-8-5-19(6-9-23)26(30)28-27-14-20-7-10-24(31-3)13-25(20)32-4/h5-14H,15-16H2,1-4H3,(H,28,30)/b27-14-. The van der Waals surface area contributed by atoms with E-state index in [1.807, 2.05) is 36.4 Å². The van der Waals surface area contributed by atoms with E-state index in [0.29, 0.717) is 17.1 Å². The number of anilines is 1. The van der Waals surface area contributed by atoms with E-state index in [9.17, 15) is 4.79 Å². The van der Waals surface area contributed by atoms with Gasteiger partial charge in [-0.1, -0.05) is 12.1 Å². The molecule has 0 fully saturated rings. The number of hydrogen-bond acceptors (Lipinski definition) is 5. The van der Waals surface area contributed by atoms with Crippen LogP contribution in [-0.4, -0.2) is 26.3 Å². The van der Waals surface area contributed by atoms with Gasteiger partial charge in [-0.3, -0.25) is 4.79 Å². The lowest BCUT2D eigenvalue weighted by Gasteiger charge is -2.17. The second-order valence-corrected chi connectivity index (χ2v) is 7.92. The number of fused-ring (bicyclic) bond motifs is 1. The van der Waals surface area contributed by atoms with Gasteiger partial charge >= 0.3 is 0 Å². The molecule has 6 heteroatoms. The van der Waals surface area contributed by atoms with Crippen molar-refractivity contribution in [1.29, 1.82) is 0 Å². The van der Waals surface area contributed by atoms with Gasteiger partial charge in [-0.05, 0) is 72.5 Å². The van der Waals surface area contributed by atoms with Crippen LogP contribution in [0.25, 0.3) is 0 Å². The van der Waals surface area contributed by atoms with Gasteiger partial charge in [0.2, 0.25) is 0 Å². The van der Waals surface area contributed by atoms with Crippen molar-refractivity contribution in [3.63, 3.8) is 0 Å². The summed E-state index contributed by atoms with van der Waals surface area (Å²) in [5.74, 6) is 1.04. The molecule has 0 saturated carbocycles. The molecule has 6 nitrogen and oxygen atoms in total. The van der Waals surface area contributed by atoms with Gasteiger partial charge in [0, 0.05) is 36.0 Å². The summed E-state index contributed by atoms with van der Waals surface area (Å²) in [4.78, 5) is 14.8. The third kappa shape index (κ3) is 4.44. The average molecular weight is 430 g/mol. The Morgan fingerprint density at radius 2 is 1.59 bits per heavy atom. The molecule has 1 N–H and O–H groups in total. The number of carbonyl (C=O) groups is 1. The van der Waals surface area contributed by atoms with Crippen LogP contribution in [0.1, 0.15) is 38.2 Å². The molecular formula is C26H27N3O3. The van der Waals surface area contributed by atoms with E-state index in [2.05, 4.69) is 41.4 Å². The van der Waals surface area contributed by atoms with Gasteiger partial charge in [0.1, 0.15) is 11.5 Å². The molecule has 1 amide bonds. The van der Waals surface area contributed by atoms with Crippen LogP contribution in [0, 0.1) is 13.8 Å². The van der Waals surface area contributed by atoms with Gasteiger partial charge in [-0.25, -0.2) is 5.43 Å². The molecule has 0 unspecified atom stereocenters. The third-order valence-electron chi connectivity index (χ3n) is 5.84. The first-order chi connectivity index (χ1) is 15.5. The number of methoxy groups -OCH3 is 2. The summed E-state index contributed by atoms with van der Waals surface area (Å²) in [7, 11) is 3.17. The number of benzene rings is 3. The quantitative estimate of drug-likeness (QED) is 0.459. The number of carbonyl (C=O) groups excluding carboxylic acids is 1. The Bertz CT molecular complexity index is 1140. The average Bonchev–Trinajstić information content (AvgIpc) is 3.22. The molecule has 1 aliphatic heterocycles. The summed E-state index contributed by atoms with van der Waals surface area (Å²) in [5.41, 5.74) is 10.4. The highest BCUT2D eigenvalue weighted by Crippen LogP contribution is 2.30. The fourth-order valence-corrected chi connectivity index (χ4v) is 3.85. The minimum Gasteiger partial charge on any atom is -0.497 e. The van der Waals surface area contributed by atoms with Crippen LogP contribution in [-0.2, 0) is 13.1 Å². The molecule has 0 spiro atoms. The highest BCUT2D eigenvalue weighted by Gasteiger charge is 2.20. The first kappa shape index (κ1) is 21.4. The molecule has 0 radical (unpaired) electrons. The number of amides is 1. The molecule has 0 atom stereocenters. The zero-order valence-electron chi connectivity index (χ0n) is 18.8. The second-order valence-electron chi connectivity index (χ2n) is 7.92. The smallest absolute Gasteiger partial charge is 0.271 e. The van der Waals surface area contributed by atoms with Crippen LogP contribution < -0.4 is 19.8 Å². The monoisotopic (exact) mass is 429 g/mol. The van der Waals surface area contributed by atoms with Crippen LogP contribution in [0.2, 0.25) is 0 Å². The van der Waals surface area contributed by atoms with Crippen LogP contribution >= 0.6 is 0 Å². The summed E-state index contributed by atoms with van der Waals surface area (Å²) in [5, 5.41) is 4.07. The number of hydrazone groups is 1. The van der Waals surface area contributed by atoms with E-state index in [1.54, 1.807) is 26.5 Å². The maximum Gasteiger partial charge on any atom is 0.271 e. The van der Waals surface area contributed by atoms with E-state index < -0.39 is 0 Å². The first-order valence-corrected chi connectivity index (χ1v) is 10.5. The van der Waals surface area contributed by atoms with Gasteiger partial charge in [0.15, 0.2) is 0 Å². The Labute approximate surface area is 188 Å². The van der Waals surface area contributed by atoms with Crippen LogP contribution in [0.3, 0.4) is 0 Å². The van der Waals surface area contributed by atoms with Crippen molar-refractivity contribution in [3.8, 4) is 11.5 Å². The highest BCUT2D eigenvalue weighted by molar-refractivity contribution is 5.95. The Kier molecular flexibility index (Phi) is 6.12. The number of nitrogens with one attached hydrogen (secondary N) is 1. The van der Waals surface area contributed by atoms with Crippen molar-refractivity contribution < 1.29 is 14.3 Å². The minimum absolute atomic E-state index is 0.267. The zero-order chi connectivity index (χ0) is 22.7. The third-order valence-corrected chi connectivity index (χ3v) is 5.84. The zero-order valence-corrected chi connectivity index (χ0v) is 18.8. The topological polar surface area (TPSA) is 63.2 Å². The Morgan fingerprint density at radius 3 is 2.19 bits per heavy atom. The summed E-state index contributed by atoms with van der Waals surface area (Å²) < 4.78 is 10.5. The van der Waals surface area contributed by atoms with Gasteiger partial charge in [-0.15, -0.1) is 0 Å². The molecule has 164 valence electrons. The van der Waals surface area contributed by atoms with Crippen LogP contribution in [0.5, 0.6) is 11.5 Å². The van der Waals surface area contributed by atoms with E-state index in [1.165, 1.54) is 22.3 Å². The summed E-state index contributed by atoms with van der Waals surface area (Å²) in [6.07, 6.45) is 1.55. The number of aryl methyl sites for hydroxylation is 2. The van der Waals surface area contributed by atoms with E-state index >= 15 is 0 Å². The maximum atomic E-state index is 12.5. The first-order valence-electron chi connectivity index (χ1n) is 10.5. The van der Waals surface area contributed by atoms with E-state index in [0.717, 1.165) is 24.3 Å². The molecule has 1 aliphatic rings. The van der Waals surface area contributed by atoms with Gasteiger partial charge < -0.3 is 14.4 Å². The SMILES string of the molecule is COc1ccc(/C=N\NC(=O)c2ccc(N3Cc4cc(C)c(C)cc4C3)cc2)c(OC)c1. The molecule has 32 heavy (non-hydrogen) atoms. The summed E-state index contributed by atoms with van der Waals surface area (Å²) in [6.45, 7) is 6.07. The number of ether oxygens (including phenoxy) is 2. The fraction of sp³-hybridized carbons (Fsp3) is 0.231. The lowest BCUT2D eigenvalue weighted by molar-refractivity contribution is 0.0955. The second kappa shape index (κ2) is 9.14. The van der Waals surface area contributed by atoms with E-state index in [4.69, 9.17) is 9.47 Å². The van der Waals surface area contributed by atoms with Gasteiger partial charge in [0.05, 0.1) is 20.4 Å². The molecule has 4 rings (SSSR count). The highest BCUT2D eigenvalue weighted by atomic mass is 16.5. The normalized spacial score (nSPS) is 12.7. The largest absolute Gasteiger partial charge is 0.497 e. The van der Waals surface area contributed by atoms with Crippen molar-refractivity contribution in [3.05, 3.63) is 88.0 Å². The Morgan fingerprint density at radius 1 is 0.938 bits per heavy atom. The molecule has 1 heterocycles. The van der Waals surface area contributed by atoms with E-state index in [-0.39, 0.29) is 5.91 Å². The Balaban J connectivity index is 1.39. The lowest BCUT2D eigenvalue weighted by Crippen LogP contribution is -2.18. The minimum atomic E-state index is -0.267. The summed E-state index contributed by atoms with van der Waals surface area (Å²) >= 11 is 0. The van der Waals surface area contributed by atoms with Gasteiger partial charge in [-0.2, -0.15) is 5.10 Å². The number of hydrogen-bond donors (Lipinski definition) is 1. The van der Waals surface area contributed by atoms with Crippen molar-refractivity contribution in [1.82, 2.24) is 5.43 Å². The number of rotatable bonds is 6. The predicted octanol–water partition coefficient (Wildman–Crippen LogP) is 4.60. The molecule has 3 aromatic rings.